The molecule has 0 saturated carbocycles. The highest BCUT2D eigenvalue weighted by molar-refractivity contribution is 9.10. The van der Waals surface area contributed by atoms with Crippen molar-refractivity contribution in [1.82, 2.24) is 9.88 Å². The number of hydrogen-bond donors (Lipinski definition) is 3. The normalized spacial score (nSPS) is 20.0. The summed E-state index contributed by atoms with van der Waals surface area (Å²) in [6.45, 7) is -1.44. The number of halogens is 4. The molecule has 3 N–H and O–H groups in total. The summed E-state index contributed by atoms with van der Waals surface area (Å²) in [6, 6.07) is 8.78. The van der Waals surface area contributed by atoms with Gasteiger partial charge in [-0.3, -0.25) is 28.9 Å². The molecule has 0 aliphatic carbocycles. The molecule has 3 atom stereocenters. The quantitative estimate of drug-likeness (QED) is 0.321. The molecule has 16 heteroatoms. The predicted molar refractivity (Wildman–Crippen MR) is 144 cm³/mol. The van der Waals surface area contributed by atoms with Crippen molar-refractivity contribution in [2.24, 2.45) is 5.92 Å². The molecule has 0 spiro atoms. The summed E-state index contributed by atoms with van der Waals surface area (Å²) in [5.41, 5.74) is -0.687. The molecule has 1 aromatic heterocycles. The monoisotopic (exact) mass is 671 g/mol. The molecular formula is C25H17BrF3N3O7S2. The molecule has 2 aliphatic heterocycles. The molecule has 214 valence electrons. The molecule has 2 aromatic carbocycles. The summed E-state index contributed by atoms with van der Waals surface area (Å²) in [6.07, 6.45) is -4.60. The maximum atomic E-state index is 13.4. The van der Waals surface area contributed by atoms with Crippen molar-refractivity contribution in [2.45, 2.75) is 22.4 Å². The number of H-pyrrole nitrogens is 1. The summed E-state index contributed by atoms with van der Waals surface area (Å²) in [5, 5.41) is 10.9. The van der Waals surface area contributed by atoms with E-state index in [1.165, 1.54) is 12.1 Å². The lowest BCUT2D eigenvalue weighted by atomic mass is 9.82. The lowest BCUT2D eigenvalue weighted by Crippen LogP contribution is -2.36. The number of carbonyl (C=O) groups excluding carboxylic acids is 3. The Morgan fingerprint density at radius 3 is 2.59 bits per heavy atom. The number of nitrogens with zero attached hydrogens (tertiary/aromatic N) is 1. The van der Waals surface area contributed by atoms with Gasteiger partial charge in [-0.05, 0) is 36.4 Å². The number of benzene rings is 2. The van der Waals surface area contributed by atoms with E-state index in [0.717, 1.165) is 41.3 Å². The first-order chi connectivity index (χ1) is 19.3. The first kappa shape index (κ1) is 28.9. The molecule has 3 aromatic rings. The standard InChI is InChI=1S/C25H17BrF3N3O7S2/c26-11-4-5-14(39-9-15(33)30-12-3-1-2-10(6-12)25(27,28)29)13(7-11)17-18-20(40-21-19(17)41-24(38)31-21)23(37)32(22(18)36)8-16(34)35/h1-7,17-18,20H,8-9H2,(H,30,33)(H,31,38)(H,34,35)/t17-,18+,20-/m0/s1. The minimum Gasteiger partial charge on any atom is -0.483 e. The third kappa shape index (κ3) is 5.76. The minimum absolute atomic E-state index is 0.0908. The molecule has 10 nitrogen and oxygen atoms in total. The smallest absolute Gasteiger partial charge is 0.416 e. The zero-order valence-corrected chi connectivity index (χ0v) is 23.6. The van der Waals surface area contributed by atoms with Gasteiger partial charge in [-0.2, -0.15) is 13.2 Å². The van der Waals surface area contributed by atoms with Gasteiger partial charge in [0.2, 0.25) is 11.8 Å². The molecule has 41 heavy (non-hydrogen) atoms. The van der Waals surface area contributed by atoms with Crippen molar-refractivity contribution in [3.05, 3.63) is 72.6 Å². The third-order valence-electron chi connectivity index (χ3n) is 6.35. The number of aromatic nitrogens is 1. The van der Waals surface area contributed by atoms with Gasteiger partial charge in [-0.15, -0.1) is 0 Å². The number of hydrogen-bond acceptors (Lipinski definition) is 8. The number of alkyl halides is 3. The number of aliphatic carboxylic acids is 1. The van der Waals surface area contributed by atoms with Crippen molar-refractivity contribution < 1.29 is 42.2 Å². The Kier molecular flexibility index (Phi) is 7.74. The van der Waals surface area contributed by atoms with Crippen LogP contribution in [0, 0.1) is 5.92 Å². The van der Waals surface area contributed by atoms with Crippen LogP contribution >= 0.6 is 39.0 Å². The highest BCUT2D eigenvalue weighted by atomic mass is 79.9. The van der Waals surface area contributed by atoms with Crippen molar-refractivity contribution in [3.63, 3.8) is 0 Å². The first-order valence-electron chi connectivity index (χ1n) is 11.7. The zero-order chi connectivity index (χ0) is 29.6. The molecule has 2 aliphatic rings. The zero-order valence-electron chi connectivity index (χ0n) is 20.4. The van der Waals surface area contributed by atoms with Crippen molar-refractivity contribution in [2.75, 3.05) is 18.5 Å². The van der Waals surface area contributed by atoms with Crippen LogP contribution in [0.1, 0.15) is 21.9 Å². The fraction of sp³-hybridized carbons (Fsp3) is 0.240. The number of rotatable bonds is 7. The Bertz CT molecular complexity index is 1640. The Morgan fingerprint density at radius 2 is 1.88 bits per heavy atom. The van der Waals surface area contributed by atoms with E-state index in [0.29, 0.717) is 24.8 Å². The number of carbonyl (C=O) groups is 4. The predicted octanol–water partition coefficient (Wildman–Crippen LogP) is 3.91. The van der Waals surface area contributed by atoms with Crippen molar-refractivity contribution >= 4 is 68.4 Å². The van der Waals surface area contributed by atoms with Gasteiger partial charge in [0.15, 0.2) is 6.61 Å². The Morgan fingerprint density at radius 1 is 1.12 bits per heavy atom. The van der Waals surface area contributed by atoms with E-state index >= 15 is 0 Å². The van der Waals surface area contributed by atoms with E-state index in [1.54, 1.807) is 12.1 Å². The second-order valence-electron chi connectivity index (χ2n) is 9.00. The Balaban J connectivity index is 1.46. The Hall–Kier alpha value is -3.63. The van der Waals surface area contributed by atoms with Crippen molar-refractivity contribution in [3.8, 4) is 5.75 Å². The van der Waals surface area contributed by atoms with Gasteiger partial charge in [-0.25, -0.2) is 0 Å². The van der Waals surface area contributed by atoms with E-state index in [2.05, 4.69) is 26.2 Å². The van der Waals surface area contributed by atoms with Crippen LogP contribution in [0.2, 0.25) is 0 Å². The van der Waals surface area contributed by atoms with E-state index in [9.17, 15) is 42.3 Å². The molecule has 0 unspecified atom stereocenters. The number of ether oxygens (including phenoxy) is 1. The fourth-order valence-electron chi connectivity index (χ4n) is 4.71. The van der Waals surface area contributed by atoms with Crippen LogP contribution in [0.5, 0.6) is 5.75 Å². The number of aromatic amines is 1. The van der Waals surface area contributed by atoms with Gasteiger partial charge in [0.25, 0.3) is 5.91 Å². The summed E-state index contributed by atoms with van der Waals surface area (Å²) < 4.78 is 45.4. The van der Waals surface area contributed by atoms with Crippen LogP contribution in [0.15, 0.2) is 56.8 Å². The van der Waals surface area contributed by atoms with E-state index in [1.807, 2.05) is 0 Å². The molecule has 0 radical (unpaired) electrons. The fourth-order valence-corrected chi connectivity index (χ4v) is 7.61. The topological polar surface area (TPSA) is 146 Å². The molecule has 1 saturated heterocycles. The molecule has 1 fully saturated rings. The number of anilines is 1. The van der Waals surface area contributed by atoms with Crippen LogP contribution in [0.25, 0.3) is 0 Å². The third-order valence-corrected chi connectivity index (χ3v) is 9.24. The lowest BCUT2D eigenvalue weighted by molar-refractivity contribution is -0.149. The number of likely N-dealkylation sites (tertiary alicyclic amines) is 1. The SMILES string of the molecule is O=C(O)CN1C(=O)[C@@H]2[C@H](c3cc(Br)ccc3OCC(=O)Nc3cccc(C(F)(F)F)c3)c3sc(=O)[nH]c3S[C@@H]2C1=O. The van der Waals surface area contributed by atoms with Gasteiger partial charge in [0.1, 0.15) is 17.5 Å². The lowest BCUT2D eigenvalue weighted by Gasteiger charge is -2.31. The van der Waals surface area contributed by atoms with Crippen LogP contribution < -0.4 is 14.9 Å². The first-order valence-corrected chi connectivity index (χ1v) is 14.2. The number of thiazole rings is 1. The summed E-state index contributed by atoms with van der Waals surface area (Å²) in [4.78, 5) is 66.0. The Labute approximate surface area is 245 Å². The maximum absolute atomic E-state index is 13.4. The van der Waals surface area contributed by atoms with Crippen LogP contribution in [-0.2, 0) is 25.4 Å². The van der Waals surface area contributed by atoms with Gasteiger partial charge in [0.05, 0.1) is 16.5 Å². The summed E-state index contributed by atoms with van der Waals surface area (Å²) in [5.74, 6) is -5.41. The van der Waals surface area contributed by atoms with Crippen LogP contribution in [-0.4, -0.2) is 57.1 Å². The molecule has 3 amide bonds. The number of imide groups is 1. The maximum Gasteiger partial charge on any atom is 0.416 e. The number of amides is 3. The largest absolute Gasteiger partial charge is 0.483 e. The van der Waals surface area contributed by atoms with Gasteiger partial charge in [0, 0.05) is 26.5 Å². The number of carboxylic acids is 1. The summed E-state index contributed by atoms with van der Waals surface area (Å²) in [7, 11) is 0. The van der Waals surface area contributed by atoms with Gasteiger partial charge >= 0.3 is 17.0 Å². The second kappa shape index (κ2) is 11.0. The van der Waals surface area contributed by atoms with Gasteiger partial charge < -0.3 is 20.1 Å². The average Bonchev–Trinajstić information content (AvgIpc) is 3.38. The molecular weight excluding hydrogens is 655 g/mol. The highest BCUT2D eigenvalue weighted by Gasteiger charge is 2.56. The number of thioether (sulfide) groups is 1. The number of carboxylic acid groups (broad SMARTS) is 1. The molecule has 5 rings (SSSR count). The average molecular weight is 672 g/mol. The van der Waals surface area contributed by atoms with Gasteiger partial charge in [-0.1, -0.05) is 45.1 Å². The number of fused-ring (bicyclic) bond motifs is 2. The minimum atomic E-state index is -4.60. The van der Waals surface area contributed by atoms with Crippen LogP contribution in [0.3, 0.4) is 0 Å². The number of nitrogens with one attached hydrogen (secondary N) is 2. The van der Waals surface area contributed by atoms with Crippen molar-refractivity contribution in [1.29, 1.82) is 0 Å². The highest BCUT2D eigenvalue weighted by Crippen LogP contribution is 2.54. The molecule has 3 heterocycles. The van der Waals surface area contributed by atoms with E-state index in [4.69, 9.17) is 4.74 Å². The van der Waals surface area contributed by atoms with E-state index in [-0.39, 0.29) is 11.4 Å². The van der Waals surface area contributed by atoms with Crippen LogP contribution in [0.4, 0.5) is 18.9 Å². The molecule has 0 bridgehead atoms. The van der Waals surface area contributed by atoms with E-state index < -0.39 is 70.5 Å². The summed E-state index contributed by atoms with van der Waals surface area (Å²) >= 11 is 5.17. The second-order valence-corrected chi connectivity index (χ2v) is 12.1.